The van der Waals surface area contributed by atoms with E-state index in [4.69, 9.17) is 0 Å². The van der Waals surface area contributed by atoms with Gasteiger partial charge in [0.25, 0.3) is 0 Å². The molecule has 4 heterocycles. The zero-order valence-electron chi connectivity index (χ0n) is 23.1. The van der Waals surface area contributed by atoms with Crippen molar-refractivity contribution in [1.82, 2.24) is 29.7 Å². The number of benzene rings is 1. The van der Waals surface area contributed by atoms with Crippen LogP contribution >= 0.6 is 12.4 Å². The van der Waals surface area contributed by atoms with Crippen molar-refractivity contribution in [2.24, 2.45) is 0 Å². The zero-order valence-corrected chi connectivity index (χ0v) is 23.9. The quantitative estimate of drug-likeness (QED) is 0.314. The summed E-state index contributed by atoms with van der Waals surface area (Å²) < 4.78 is 30.0. The summed E-state index contributed by atoms with van der Waals surface area (Å²) in [6.07, 6.45) is 2.85. The van der Waals surface area contributed by atoms with Crippen LogP contribution in [0, 0.1) is 18.6 Å². The molecule has 8 nitrogen and oxygen atoms in total. The Morgan fingerprint density at radius 2 is 1.68 bits per heavy atom. The number of aliphatic hydroxyl groups is 1. The lowest BCUT2D eigenvalue weighted by Gasteiger charge is -2.33. The van der Waals surface area contributed by atoms with Crippen LogP contribution in [0.5, 0.6) is 0 Å². The Balaban J connectivity index is 0.00000370. The number of hydrogen-bond acceptors (Lipinski definition) is 8. The van der Waals surface area contributed by atoms with Gasteiger partial charge in [0, 0.05) is 55.6 Å². The number of aromatic nitrogens is 4. The fourth-order valence-corrected chi connectivity index (χ4v) is 4.91. The number of nitrogens with zero attached hydrogens (tertiary/aromatic N) is 6. The van der Waals surface area contributed by atoms with E-state index in [1.54, 1.807) is 32.9 Å². The minimum atomic E-state index is -1.25. The topological polar surface area (TPSA) is 90.3 Å². The summed E-state index contributed by atoms with van der Waals surface area (Å²) in [4.78, 5) is 22.0. The van der Waals surface area contributed by atoms with E-state index < -0.39 is 17.2 Å². The number of aryl methyl sites for hydroxylation is 1. The van der Waals surface area contributed by atoms with Gasteiger partial charge in [-0.2, -0.15) is 0 Å². The van der Waals surface area contributed by atoms with Gasteiger partial charge >= 0.3 is 0 Å². The number of pyridine rings is 2. The maximum atomic E-state index is 15.2. The lowest BCUT2D eigenvalue weighted by Crippen LogP contribution is -2.45. The molecule has 0 aliphatic carbocycles. The third kappa shape index (κ3) is 6.52. The molecule has 0 atom stereocenters. The Labute approximate surface area is 238 Å². The Morgan fingerprint density at radius 3 is 2.33 bits per heavy atom. The van der Waals surface area contributed by atoms with Gasteiger partial charge in [-0.25, -0.2) is 23.7 Å². The van der Waals surface area contributed by atoms with Crippen LogP contribution in [0.2, 0.25) is 0 Å². The van der Waals surface area contributed by atoms with Crippen LogP contribution in [-0.4, -0.2) is 67.6 Å². The lowest BCUT2D eigenvalue weighted by atomic mass is 9.92. The fraction of sp³-hybridized carbons (Fsp3) is 0.379. The number of hydrogen-bond donors (Lipinski definition) is 2. The molecule has 1 saturated heterocycles. The molecule has 40 heavy (non-hydrogen) atoms. The van der Waals surface area contributed by atoms with Gasteiger partial charge in [-0.3, -0.25) is 9.88 Å². The van der Waals surface area contributed by atoms with Crippen molar-refractivity contribution < 1.29 is 13.9 Å². The second-order valence-corrected chi connectivity index (χ2v) is 10.5. The van der Waals surface area contributed by atoms with E-state index in [1.165, 1.54) is 6.07 Å². The van der Waals surface area contributed by atoms with Gasteiger partial charge in [-0.05, 0) is 62.7 Å². The van der Waals surface area contributed by atoms with E-state index in [9.17, 15) is 9.50 Å². The predicted octanol–water partition coefficient (Wildman–Crippen LogP) is 5.20. The largest absolute Gasteiger partial charge is 0.386 e. The van der Waals surface area contributed by atoms with Gasteiger partial charge in [0.05, 0.1) is 11.8 Å². The number of nitrogens with one attached hydrogen (secondary N) is 1. The van der Waals surface area contributed by atoms with Crippen molar-refractivity contribution >= 4 is 35.1 Å². The van der Waals surface area contributed by atoms with Crippen molar-refractivity contribution in [3.63, 3.8) is 0 Å². The number of likely N-dealkylation sites (N-methyl/N-ethyl adjacent to an activating group) is 1. The van der Waals surface area contributed by atoms with Crippen LogP contribution < -0.4 is 5.32 Å². The smallest absolute Gasteiger partial charge is 0.229 e. The molecule has 1 fully saturated rings. The highest BCUT2D eigenvalue weighted by Gasteiger charge is 2.23. The van der Waals surface area contributed by atoms with Gasteiger partial charge in [-0.15, -0.1) is 12.4 Å². The molecule has 0 amide bonds. The summed E-state index contributed by atoms with van der Waals surface area (Å²) in [5.74, 6) is -0.679. The van der Waals surface area contributed by atoms with Crippen LogP contribution in [0.15, 0.2) is 42.7 Å². The summed E-state index contributed by atoms with van der Waals surface area (Å²) >= 11 is 0. The molecular formula is C29H34ClF2N7O. The number of rotatable bonds is 7. The molecule has 0 bridgehead atoms. The van der Waals surface area contributed by atoms with Crippen LogP contribution in [-0.2, 0) is 12.1 Å². The molecule has 3 aromatic heterocycles. The van der Waals surface area contributed by atoms with E-state index in [0.717, 1.165) is 51.0 Å². The van der Waals surface area contributed by atoms with Crippen LogP contribution in [0.25, 0.3) is 22.2 Å². The van der Waals surface area contributed by atoms with Gasteiger partial charge in [-0.1, -0.05) is 13.0 Å². The van der Waals surface area contributed by atoms with Crippen molar-refractivity contribution in [3.8, 4) is 11.3 Å². The minimum Gasteiger partial charge on any atom is -0.386 e. The Kier molecular flexibility index (Phi) is 8.94. The van der Waals surface area contributed by atoms with Crippen molar-refractivity contribution in [2.75, 3.05) is 38.0 Å². The molecule has 11 heteroatoms. The summed E-state index contributed by atoms with van der Waals surface area (Å²) in [5, 5.41) is 14.1. The zero-order chi connectivity index (χ0) is 27.7. The van der Waals surface area contributed by atoms with Gasteiger partial charge in [0.15, 0.2) is 5.82 Å². The number of anilines is 2. The molecule has 1 aromatic carbocycles. The Morgan fingerprint density at radius 1 is 0.950 bits per heavy atom. The average molecular weight is 570 g/mol. The highest BCUT2D eigenvalue weighted by molar-refractivity contribution is 5.88. The molecule has 1 aliphatic rings. The van der Waals surface area contributed by atoms with Crippen molar-refractivity contribution in [3.05, 3.63) is 71.2 Å². The van der Waals surface area contributed by atoms with E-state index in [0.29, 0.717) is 22.5 Å². The van der Waals surface area contributed by atoms with Gasteiger partial charge in [0.1, 0.15) is 22.8 Å². The number of piperazine rings is 1. The lowest BCUT2D eigenvalue weighted by molar-refractivity contribution is 0.0800. The van der Waals surface area contributed by atoms with Crippen LogP contribution in [0.1, 0.15) is 37.6 Å². The normalized spacial score (nSPS) is 14.8. The number of fused-ring (bicyclic) bond motifs is 1. The van der Waals surface area contributed by atoms with Crippen LogP contribution in [0.3, 0.4) is 0 Å². The van der Waals surface area contributed by atoms with Crippen LogP contribution in [0.4, 0.5) is 20.5 Å². The first kappa shape index (κ1) is 29.7. The number of halogens is 3. The Hall–Kier alpha value is -3.31. The molecule has 0 saturated carbocycles. The third-order valence-corrected chi connectivity index (χ3v) is 7.05. The highest BCUT2D eigenvalue weighted by atomic mass is 35.5. The summed E-state index contributed by atoms with van der Waals surface area (Å²) in [7, 11) is 0. The van der Waals surface area contributed by atoms with E-state index in [-0.39, 0.29) is 35.1 Å². The molecule has 0 radical (unpaired) electrons. The average Bonchev–Trinajstić information content (AvgIpc) is 2.90. The van der Waals surface area contributed by atoms with E-state index in [1.807, 2.05) is 18.3 Å². The monoisotopic (exact) mass is 569 g/mol. The first-order valence-electron chi connectivity index (χ1n) is 13.1. The summed E-state index contributed by atoms with van der Waals surface area (Å²) in [6.45, 7) is 13.3. The van der Waals surface area contributed by atoms with Crippen molar-refractivity contribution in [2.45, 2.75) is 39.8 Å². The van der Waals surface area contributed by atoms with Gasteiger partial charge < -0.3 is 15.3 Å². The summed E-state index contributed by atoms with van der Waals surface area (Å²) in [6, 6.07) is 8.34. The standard InChI is InChI=1S/C29H33F2N7O.ClH/c1-5-37-8-10-38(11-9-37)17-19-6-7-25(32-15-19)35-28-33-16-24(31)26(36-28)20-13-21-22(29(3,4)39)12-18(2)34-27(21)23(30)14-20;/h6-7,12-16,39H,5,8-11,17H2,1-4H3,(H,32,33,35,36);1H. The molecule has 0 unspecified atom stereocenters. The highest BCUT2D eigenvalue weighted by Crippen LogP contribution is 2.34. The molecule has 2 N–H and O–H groups in total. The molecule has 4 aromatic rings. The maximum Gasteiger partial charge on any atom is 0.229 e. The van der Waals surface area contributed by atoms with E-state index in [2.05, 4.69) is 42.0 Å². The SMILES string of the molecule is CCN1CCN(Cc2ccc(Nc3ncc(F)c(-c4cc(F)c5nc(C)cc(C(C)(C)O)c5c4)n3)nc2)CC1.Cl. The first-order valence-corrected chi connectivity index (χ1v) is 13.1. The molecule has 1 aliphatic heterocycles. The second kappa shape index (κ2) is 12.1. The maximum absolute atomic E-state index is 15.2. The van der Waals surface area contributed by atoms with E-state index >= 15 is 4.39 Å². The summed E-state index contributed by atoms with van der Waals surface area (Å²) in [5.41, 5.74) is 1.17. The molecule has 0 spiro atoms. The minimum absolute atomic E-state index is 0. The third-order valence-electron chi connectivity index (χ3n) is 7.05. The fourth-order valence-electron chi connectivity index (χ4n) is 4.91. The molecule has 5 rings (SSSR count). The molecule has 212 valence electrons. The Bertz CT molecular complexity index is 1490. The van der Waals surface area contributed by atoms with Crippen molar-refractivity contribution in [1.29, 1.82) is 0 Å². The van der Waals surface area contributed by atoms with Gasteiger partial charge in [0.2, 0.25) is 5.95 Å². The molecular weight excluding hydrogens is 536 g/mol. The predicted molar refractivity (Wildman–Crippen MR) is 155 cm³/mol. The second-order valence-electron chi connectivity index (χ2n) is 10.5. The first-order chi connectivity index (χ1) is 18.6.